The van der Waals surface area contributed by atoms with Crippen LogP contribution >= 0.6 is 0 Å². The Kier molecular flexibility index (Phi) is 24.0. The maximum absolute atomic E-state index is 8.75. The molecule has 0 aromatic carbocycles. The van der Waals surface area contributed by atoms with Gasteiger partial charge in [-0.15, -0.1) is 0 Å². The van der Waals surface area contributed by atoms with E-state index in [1.807, 2.05) is 0 Å². The summed E-state index contributed by atoms with van der Waals surface area (Å²) in [5, 5.41) is 8.75. The summed E-state index contributed by atoms with van der Waals surface area (Å²) in [6.07, 6.45) is 31.0. The fourth-order valence-electron chi connectivity index (χ4n) is 4.14. The second-order valence-corrected chi connectivity index (χ2v) is 9.12. The molecule has 27 heavy (non-hydrogen) atoms. The molecule has 0 heterocycles. The summed E-state index contributed by atoms with van der Waals surface area (Å²) in [5.74, 6) is 0.955. The molecule has 0 spiro atoms. The van der Waals surface area contributed by atoms with Crippen LogP contribution in [0.25, 0.3) is 0 Å². The van der Waals surface area contributed by atoms with Crippen LogP contribution in [0.1, 0.15) is 155 Å². The van der Waals surface area contributed by atoms with Gasteiger partial charge in [0, 0.05) is 6.61 Å². The number of rotatable bonds is 23. The van der Waals surface area contributed by atoms with Gasteiger partial charge in [0.2, 0.25) is 0 Å². The van der Waals surface area contributed by atoms with Crippen molar-refractivity contribution in [2.75, 3.05) is 6.61 Å². The first kappa shape index (κ1) is 27.0. The van der Waals surface area contributed by atoms with Crippen LogP contribution in [0.15, 0.2) is 0 Å². The number of aliphatic hydroxyl groups is 1. The molecule has 164 valence electrons. The Labute approximate surface area is 173 Å². The third-order valence-electron chi connectivity index (χ3n) is 6.16. The first-order valence-corrected chi connectivity index (χ1v) is 12.9. The molecule has 1 atom stereocenters. The van der Waals surface area contributed by atoms with Gasteiger partial charge in [0.15, 0.2) is 0 Å². The Balaban J connectivity index is 3.11. The second-order valence-electron chi connectivity index (χ2n) is 9.12. The molecule has 0 aliphatic rings. The Hall–Kier alpha value is -0.0400. The van der Waals surface area contributed by atoms with Crippen molar-refractivity contribution in [3.05, 3.63) is 0 Å². The fraction of sp³-hybridized carbons (Fsp3) is 1.00. The van der Waals surface area contributed by atoms with Crippen LogP contribution in [-0.2, 0) is 0 Å². The van der Waals surface area contributed by atoms with E-state index in [2.05, 4.69) is 13.8 Å². The summed E-state index contributed by atoms with van der Waals surface area (Å²) in [4.78, 5) is 0. The summed E-state index contributed by atoms with van der Waals surface area (Å²) < 4.78 is 0. The van der Waals surface area contributed by atoms with Crippen molar-refractivity contribution in [1.82, 2.24) is 0 Å². The topological polar surface area (TPSA) is 20.2 Å². The zero-order valence-corrected chi connectivity index (χ0v) is 19.3. The molecule has 1 nitrogen and oxygen atoms in total. The Bertz CT molecular complexity index is 251. The van der Waals surface area contributed by atoms with Crippen LogP contribution in [0.2, 0.25) is 0 Å². The zero-order chi connectivity index (χ0) is 19.8. The van der Waals surface area contributed by atoms with Gasteiger partial charge in [-0.1, -0.05) is 149 Å². The van der Waals surface area contributed by atoms with E-state index in [0.29, 0.717) is 6.61 Å². The molecule has 0 aliphatic heterocycles. The maximum Gasteiger partial charge on any atom is 0.0431 e. The van der Waals surface area contributed by atoms with Gasteiger partial charge in [0.05, 0.1) is 0 Å². The van der Waals surface area contributed by atoms with E-state index in [-0.39, 0.29) is 0 Å². The first-order chi connectivity index (χ1) is 13.3. The van der Waals surface area contributed by atoms with Crippen molar-refractivity contribution in [3.8, 4) is 0 Å². The molecule has 0 rings (SSSR count). The minimum absolute atomic E-state index is 0.373. The summed E-state index contributed by atoms with van der Waals surface area (Å²) in [7, 11) is 0. The number of unbranched alkanes of at least 4 members (excludes halogenated alkanes) is 18. The molecule has 0 saturated carbocycles. The van der Waals surface area contributed by atoms with E-state index in [9.17, 15) is 0 Å². The molecule has 1 N–H and O–H groups in total. The molecule has 0 unspecified atom stereocenters. The lowest BCUT2D eigenvalue weighted by atomic mass is 9.95. The van der Waals surface area contributed by atoms with Gasteiger partial charge in [-0.2, -0.15) is 0 Å². The van der Waals surface area contributed by atoms with E-state index < -0.39 is 0 Å². The number of aliphatic hydroxyl groups excluding tert-OH is 1. The van der Waals surface area contributed by atoms with Crippen LogP contribution in [0.5, 0.6) is 0 Å². The van der Waals surface area contributed by atoms with Gasteiger partial charge in [0.1, 0.15) is 0 Å². The highest BCUT2D eigenvalue weighted by molar-refractivity contribution is 4.56. The third-order valence-corrected chi connectivity index (χ3v) is 6.16. The molecule has 0 fully saturated rings. The smallest absolute Gasteiger partial charge is 0.0431 e. The summed E-state index contributed by atoms with van der Waals surface area (Å²) >= 11 is 0. The van der Waals surface area contributed by atoms with Gasteiger partial charge in [-0.05, 0) is 12.3 Å². The van der Waals surface area contributed by atoms with Crippen LogP contribution in [-0.4, -0.2) is 11.7 Å². The predicted molar refractivity (Wildman–Crippen MR) is 123 cm³/mol. The number of hydrogen-bond donors (Lipinski definition) is 1. The van der Waals surface area contributed by atoms with E-state index in [1.54, 1.807) is 0 Å². The van der Waals surface area contributed by atoms with Crippen LogP contribution in [0, 0.1) is 5.92 Å². The van der Waals surface area contributed by atoms with Crippen molar-refractivity contribution in [3.63, 3.8) is 0 Å². The van der Waals surface area contributed by atoms with Crippen molar-refractivity contribution < 1.29 is 5.11 Å². The van der Waals surface area contributed by atoms with E-state index >= 15 is 0 Å². The van der Waals surface area contributed by atoms with Gasteiger partial charge in [0.25, 0.3) is 0 Å². The fourth-order valence-corrected chi connectivity index (χ4v) is 4.14. The molecule has 0 saturated heterocycles. The lowest BCUT2D eigenvalue weighted by molar-refractivity contribution is 0.282. The summed E-state index contributed by atoms with van der Waals surface area (Å²) in [6, 6.07) is 0. The van der Waals surface area contributed by atoms with Crippen molar-refractivity contribution in [2.24, 2.45) is 5.92 Å². The van der Waals surface area contributed by atoms with Crippen LogP contribution in [0.4, 0.5) is 0 Å². The molecule has 0 amide bonds. The van der Waals surface area contributed by atoms with E-state index in [4.69, 9.17) is 5.11 Å². The molecule has 0 radical (unpaired) electrons. The largest absolute Gasteiger partial charge is 0.396 e. The Morgan fingerprint density at radius 2 is 0.741 bits per heavy atom. The molecule has 0 aromatic heterocycles. The van der Waals surface area contributed by atoms with Gasteiger partial charge >= 0.3 is 0 Å². The second kappa shape index (κ2) is 24.0. The monoisotopic (exact) mass is 382 g/mol. The highest BCUT2D eigenvalue weighted by Gasteiger charge is 2.02. The third kappa shape index (κ3) is 23.9. The van der Waals surface area contributed by atoms with Crippen molar-refractivity contribution in [1.29, 1.82) is 0 Å². The maximum atomic E-state index is 8.75. The SMILES string of the molecule is CCCCCCCCCC[C@@H](C)CCCCCCCCCCCCCCO. The first-order valence-electron chi connectivity index (χ1n) is 12.9. The highest BCUT2D eigenvalue weighted by Crippen LogP contribution is 2.19. The average Bonchev–Trinajstić information content (AvgIpc) is 2.67. The zero-order valence-electron chi connectivity index (χ0n) is 19.3. The summed E-state index contributed by atoms with van der Waals surface area (Å²) in [5.41, 5.74) is 0. The van der Waals surface area contributed by atoms with Gasteiger partial charge < -0.3 is 5.11 Å². The Morgan fingerprint density at radius 1 is 0.444 bits per heavy atom. The standard InChI is InChI=1S/C26H54O/c1-3-4-5-6-7-14-17-20-23-26(2)24-21-18-15-12-10-8-9-11-13-16-19-22-25-27/h26-27H,3-25H2,1-2H3/t26-/m1/s1. The van der Waals surface area contributed by atoms with E-state index in [1.165, 1.54) is 135 Å². The van der Waals surface area contributed by atoms with Gasteiger partial charge in [-0.3, -0.25) is 0 Å². The normalized spacial score (nSPS) is 12.6. The molecule has 0 aliphatic carbocycles. The van der Waals surface area contributed by atoms with Crippen molar-refractivity contribution in [2.45, 2.75) is 155 Å². The predicted octanol–water partition coefficient (Wildman–Crippen LogP) is 9.22. The average molecular weight is 383 g/mol. The highest BCUT2D eigenvalue weighted by atomic mass is 16.2. The Morgan fingerprint density at radius 3 is 1.07 bits per heavy atom. The van der Waals surface area contributed by atoms with Crippen LogP contribution in [0.3, 0.4) is 0 Å². The molecular weight excluding hydrogens is 328 g/mol. The molecule has 0 bridgehead atoms. The quantitative estimate of drug-likeness (QED) is 0.175. The molecule has 0 aromatic rings. The minimum Gasteiger partial charge on any atom is -0.396 e. The lowest BCUT2D eigenvalue weighted by Gasteiger charge is -2.11. The molecular formula is C26H54O. The van der Waals surface area contributed by atoms with Crippen molar-refractivity contribution >= 4 is 0 Å². The molecule has 1 heteroatoms. The summed E-state index contributed by atoms with van der Waals surface area (Å²) in [6.45, 7) is 5.15. The minimum atomic E-state index is 0.373. The lowest BCUT2D eigenvalue weighted by Crippen LogP contribution is -1.95. The van der Waals surface area contributed by atoms with E-state index in [0.717, 1.165) is 12.3 Å². The van der Waals surface area contributed by atoms with Gasteiger partial charge in [-0.25, -0.2) is 0 Å². The van der Waals surface area contributed by atoms with Crippen LogP contribution < -0.4 is 0 Å². The number of hydrogen-bond acceptors (Lipinski definition) is 1.